The number of nitrogens with zero attached hydrogens (tertiary/aromatic N) is 1. The number of amides is 1. The molecule has 2 heterocycles. The highest BCUT2D eigenvalue weighted by atomic mass is 16.3. The maximum absolute atomic E-state index is 12.5. The molecule has 1 fully saturated rings. The Bertz CT molecular complexity index is 682. The Morgan fingerprint density at radius 2 is 1.95 bits per heavy atom. The minimum absolute atomic E-state index is 0.191. The van der Waals surface area contributed by atoms with E-state index in [-0.39, 0.29) is 5.91 Å². The predicted molar refractivity (Wildman–Crippen MR) is 87.8 cm³/mol. The quantitative estimate of drug-likeness (QED) is 0.948. The zero-order valence-electron chi connectivity index (χ0n) is 13.4. The van der Waals surface area contributed by atoms with Gasteiger partial charge >= 0.3 is 0 Å². The molecule has 0 atom stereocenters. The number of aryl methyl sites for hydroxylation is 2. The third-order valence-electron chi connectivity index (χ3n) is 4.91. The first kappa shape index (κ1) is 15.1. The van der Waals surface area contributed by atoms with Crippen LogP contribution in [0.4, 0.5) is 0 Å². The van der Waals surface area contributed by atoms with E-state index >= 15 is 0 Å². The van der Waals surface area contributed by atoms with Crippen molar-refractivity contribution in [1.82, 2.24) is 4.90 Å². The van der Waals surface area contributed by atoms with Crippen molar-refractivity contribution in [2.45, 2.75) is 33.1 Å². The summed E-state index contributed by atoms with van der Waals surface area (Å²) in [5.74, 6) is 0.765. The van der Waals surface area contributed by atoms with Gasteiger partial charge in [-0.2, -0.15) is 0 Å². The molecule has 0 spiro atoms. The predicted octanol–water partition coefficient (Wildman–Crippen LogP) is 2.79. The normalized spacial score (nSPS) is 16.4. The summed E-state index contributed by atoms with van der Waals surface area (Å²) in [5, 5.41) is 1.06. The molecule has 1 aliphatic rings. The van der Waals surface area contributed by atoms with Crippen LogP contribution in [0.1, 0.15) is 29.5 Å². The number of hydrogen-bond donors (Lipinski definition) is 1. The van der Waals surface area contributed by atoms with Gasteiger partial charge in [-0.1, -0.05) is 0 Å². The average Bonchev–Trinajstić information content (AvgIpc) is 2.90. The molecule has 22 heavy (non-hydrogen) atoms. The minimum atomic E-state index is 0.191. The van der Waals surface area contributed by atoms with Gasteiger partial charge in [-0.3, -0.25) is 4.79 Å². The molecule has 0 saturated carbocycles. The molecule has 1 aromatic carbocycles. The lowest BCUT2D eigenvalue weighted by atomic mass is 9.96. The van der Waals surface area contributed by atoms with Crippen molar-refractivity contribution in [3.8, 4) is 0 Å². The van der Waals surface area contributed by atoms with E-state index in [9.17, 15) is 4.79 Å². The number of piperidine rings is 1. The van der Waals surface area contributed by atoms with Crippen LogP contribution >= 0.6 is 0 Å². The lowest BCUT2D eigenvalue weighted by Crippen LogP contribution is -2.40. The fraction of sp³-hybridized carbons (Fsp3) is 0.500. The molecule has 1 saturated heterocycles. The van der Waals surface area contributed by atoms with E-state index in [4.69, 9.17) is 10.2 Å². The molecule has 4 nitrogen and oxygen atoms in total. The molecular formula is C18H24N2O2. The molecule has 2 N–H and O–H groups in total. The van der Waals surface area contributed by atoms with E-state index in [1.807, 2.05) is 11.0 Å². The minimum Gasteiger partial charge on any atom is -0.464 e. The monoisotopic (exact) mass is 300 g/mol. The van der Waals surface area contributed by atoms with Gasteiger partial charge in [0.15, 0.2) is 0 Å². The van der Waals surface area contributed by atoms with E-state index in [1.54, 1.807) is 6.26 Å². The second-order valence-electron chi connectivity index (χ2n) is 6.43. The third-order valence-corrected chi connectivity index (χ3v) is 4.91. The van der Waals surface area contributed by atoms with Gasteiger partial charge in [-0.05, 0) is 62.4 Å². The molecule has 1 aromatic heterocycles. The van der Waals surface area contributed by atoms with Crippen LogP contribution in [0.15, 0.2) is 22.8 Å². The smallest absolute Gasteiger partial charge is 0.227 e. The van der Waals surface area contributed by atoms with Crippen LogP contribution in [-0.4, -0.2) is 30.4 Å². The van der Waals surface area contributed by atoms with Crippen molar-refractivity contribution in [2.75, 3.05) is 19.6 Å². The fourth-order valence-corrected chi connectivity index (χ4v) is 3.17. The van der Waals surface area contributed by atoms with Crippen LogP contribution < -0.4 is 5.73 Å². The lowest BCUT2D eigenvalue weighted by Gasteiger charge is -2.31. The largest absolute Gasteiger partial charge is 0.464 e. The number of carbonyl (C=O) groups is 1. The summed E-state index contributed by atoms with van der Waals surface area (Å²) in [6.45, 7) is 6.55. The van der Waals surface area contributed by atoms with Crippen molar-refractivity contribution in [3.63, 3.8) is 0 Å². The average molecular weight is 300 g/mol. The first-order valence-electron chi connectivity index (χ1n) is 8.03. The summed E-state index contributed by atoms with van der Waals surface area (Å²) >= 11 is 0. The van der Waals surface area contributed by atoms with Gasteiger partial charge in [0.25, 0.3) is 0 Å². The van der Waals surface area contributed by atoms with Crippen molar-refractivity contribution >= 4 is 16.9 Å². The molecule has 3 rings (SSSR count). The summed E-state index contributed by atoms with van der Waals surface area (Å²) in [7, 11) is 0. The Labute approximate surface area is 131 Å². The van der Waals surface area contributed by atoms with E-state index < -0.39 is 0 Å². The number of furan rings is 1. The van der Waals surface area contributed by atoms with E-state index in [0.717, 1.165) is 49.0 Å². The highest BCUT2D eigenvalue weighted by Gasteiger charge is 2.23. The van der Waals surface area contributed by atoms with Crippen molar-refractivity contribution in [1.29, 1.82) is 0 Å². The summed E-state index contributed by atoms with van der Waals surface area (Å²) < 4.78 is 5.62. The zero-order valence-corrected chi connectivity index (χ0v) is 13.4. The maximum Gasteiger partial charge on any atom is 0.227 e. The standard InChI is InChI=1S/C18H24N2O2/c1-12-7-16-15(11-22-17(16)8-13(12)2)9-18(21)20-5-3-14(10-19)4-6-20/h7-8,11,14H,3-6,9-10,19H2,1-2H3. The van der Waals surface area contributed by atoms with Crippen molar-refractivity contribution in [2.24, 2.45) is 11.7 Å². The molecule has 0 aliphatic carbocycles. The fourth-order valence-electron chi connectivity index (χ4n) is 3.17. The summed E-state index contributed by atoms with van der Waals surface area (Å²) in [6, 6.07) is 4.17. The molecule has 2 aromatic rings. The van der Waals surface area contributed by atoms with Gasteiger partial charge in [0.2, 0.25) is 5.91 Å². The van der Waals surface area contributed by atoms with E-state index in [1.165, 1.54) is 11.1 Å². The molecule has 0 radical (unpaired) electrons. The topological polar surface area (TPSA) is 59.5 Å². The molecule has 0 unspecified atom stereocenters. The summed E-state index contributed by atoms with van der Waals surface area (Å²) in [4.78, 5) is 14.5. The highest BCUT2D eigenvalue weighted by molar-refractivity contribution is 5.88. The van der Waals surface area contributed by atoms with Gasteiger partial charge in [0.1, 0.15) is 5.58 Å². The van der Waals surface area contributed by atoms with Crippen LogP contribution in [0, 0.1) is 19.8 Å². The number of carbonyl (C=O) groups excluding carboxylic acids is 1. The number of likely N-dealkylation sites (tertiary alicyclic amines) is 1. The molecular weight excluding hydrogens is 276 g/mol. The Morgan fingerprint density at radius 1 is 1.27 bits per heavy atom. The number of benzene rings is 1. The molecule has 1 aliphatic heterocycles. The SMILES string of the molecule is Cc1cc2occ(CC(=O)N3CCC(CN)CC3)c2cc1C. The Hall–Kier alpha value is -1.81. The summed E-state index contributed by atoms with van der Waals surface area (Å²) in [5.41, 5.74) is 10.0. The van der Waals surface area contributed by atoms with E-state index in [0.29, 0.717) is 12.3 Å². The second kappa shape index (κ2) is 6.13. The summed E-state index contributed by atoms with van der Waals surface area (Å²) in [6.07, 6.45) is 4.19. The van der Waals surface area contributed by atoms with Crippen LogP contribution in [0.3, 0.4) is 0 Å². The zero-order chi connectivity index (χ0) is 15.7. The first-order chi connectivity index (χ1) is 10.6. The Balaban J connectivity index is 1.73. The molecule has 118 valence electrons. The van der Waals surface area contributed by atoms with Crippen LogP contribution in [-0.2, 0) is 11.2 Å². The van der Waals surface area contributed by atoms with E-state index in [2.05, 4.69) is 19.9 Å². The molecule has 1 amide bonds. The lowest BCUT2D eigenvalue weighted by molar-refractivity contribution is -0.131. The third kappa shape index (κ3) is 2.88. The Morgan fingerprint density at radius 3 is 2.64 bits per heavy atom. The number of nitrogens with two attached hydrogens (primary N) is 1. The number of rotatable bonds is 3. The van der Waals surface area contributed by atoms with Gasteiger partial charge < -0.3 is 15.1 Å². The first-order valence-corrected chi connectivity index (χ1v) is 8.03. The van der Waals surface area contributed by atoms with Gasteiger partial charge in [0.05, 0.1) is 12.7 Å². The molecule has 0 bridgehead atoms. The van der Waals surface area contributed by atoms with Gasteiger partial charge in [0, 0.05) is 24.0 Å². The van der Waals surface area contributed by atoms with Crippen LogP contribution in [0.2, 0.25) is 0 Å². The number of fused-ring (bicyclic) bond motifs is 1. The van der Waals surface area contributed by atoms with Crippen LogP contribution in [0.5, 0.6) is 0 Å². The van der Waals surface area contributed by atoms with Crippen molar-refractivity contribution in [3.05, 3.63) is 35.1 Å². The Kier molecular flexibility index (Phi) is 4.21. The van der Waals surface area contributed by atoms with Gasteiger partial charge in [-0.25, -0.2) is 0 Å². The van der Waals surface area contributed by atoms with Crippen molar-refractivity contribution < 1.29 is 9.21 Å². The van der Waals surface area contributed by atoms with Crippen LogP contribution in [0.25, 0.3) is 11.0 Å². The highest BCUT2D eigenvalue weighted by Crippen LogP contribution is 2.26. The number of hydrogen-bond acceptors (Lipinski definition) is 3. The molecule has 4 heteroatoms. The maximum atomic E-state index is 12.5. The second-order valence-corrected chi connectivity index (χ2v) is 6.43. The van der Waals surface area contributed by atoms with Gasteiger partial charge in [-0.15, -0.1) is 0 Å².